The van der Waals surface area contributed by atoms with Crippen molar-refractivity contribution in [2.75, 3.05) is 0 Å². The number of halogens is 1. The Bertz CT molecular complexity index is 400. The van der Waals surface area contributed by atoms with Gasteiger partial charge in [-0.3, -0.25) is 0 Å². The van der Waals surface area contributed by atoms with Crippen LogP contribution in [0.1, 0.15) is 17.4 Å². The average Bonchev–Trinajstić information content (AvgIpc) is 2.42. The van der Waals surface area contributed by atoms with Gasteiger partial charge < -0.3 is 15.2 Å². The Balaban J connectivity index is 3.40. The third-order valence-corrected chi connectivity index (χ3v) is 2.28. The number of carboxylic acids is 1. The van der Waals surface area contributed by atoms with Crippen LogP contribution >= 0.6 is 15.9 Å². The van der Waals surface area contributed by atoms with E-state index in [1.165, 1.54) is 0 Å². The van der Waals surface area contributed by atoms with Crippen molar-refractivity contribution in [3.8, 4) is 0 Å². The molecule has 1 aromatic heterocycles. The molecule has 14 heavy (non-hydrogen) atoms. The van der Waals surface area contributed by atoms with Gasteiger partial charge in [0.2, 0.25) is 0 Å². The highest BCUT2D eigenvalue weighted by atomic mass is 79.9. The molecular weight excluding hydrogens is 258 g/mol. The highest BCUT2D eigenvalue weighted by Crippen LogP contribution is 2.27. The second-order valence-electron chi connectivity index (χ2n) is 2.36. The van der Waals surface area contributed by atoms with Crippen LogP contribution in [0.25, 0.3) is 0 Å². The summed E-state index contributed by atoms with van der Waals surface area (Å²) in [7, 11) is 0. The van der Waals surface area contributed by atoms with Crippen LogP contribution in [0, 0.1) is 10.1 Å². The molecule has 0 aliphatic carbocycles. The molecule has 0 amide bonds. The van der Waals surface area contributed by atoms with E-state index in [0.717, 1.165) is 4.68 Å². The third kappa shape index (κ3) is 1.60. The molecule has 0 aromatic carbocycles. The molecule has 1 heterocycles. The largest absolute Gasteiger partial charge is 0.476 e. The number of aryl methyl sites for hydroxylation is 1. The predicted octanol–water partition coefficient (Wildman–Crippen LogP) is 1.27. The lowest BCUT2D eigenvalue weighted by atomic mass is 10.4. The Morgan fingerprint density at radius 1 is 1.79 bits per heavy atom. The van der Waals surface area contributed by atoms with E-state index in [1.54, 1.807) is 6.92 Å². The van der Waals surface area contributed by atoms with Crippen molar-refractivity contribution in [2.45, 2.75) is 13.5 Å². The van der Waals surface area contributed by atoms with Gasteiger partial charge in [-0.15, -0.1) is 0 Å². The SMILES string of the molecule is CCn1nc([N+](=O)[O-])c(Br)c1C(=O)O. The van der Waals surface area contributed by atoms with E-state index in [2.05, 4.69) is 21.0 Å². The highest BCUT2D eigenvalue weighted by Gasteiger charge is 2.29. The normalized spacial score (nSPS) is 10.1. The monoisotopic (exact) mass is 263 g/mol. The molecule has 7 nitrogen and oxygen atoms in total. The van der Waals surface area contributed by atoms with Crippen LogP contribution in [0.2, 0.25) is 0 Å². The number of aromatic carboxylic acids is 1. The van der Waals surface area contributed by atoms with Crippen molar-refractivity contribution >= 4 is 27.7 Å². The minimum absolute atomic E-state index is 0.100. The third-order valence-electron chi connectivity index (χ3n) is 1.55. The average molecular weight is 264 g/mol. The van der Waals surface area contributed by atoms with Crippen molar-refractivity contribution in [1.82, 2.24) is 9.78 Å². The highest BCUT2D eigenvalue weighted by molar-refractivity contribution is 9.10. The molecule has 0 aliphatic rings. The van der Waals surface area contributed by atoms with E-state index in [-0.39, 0.29) is 16.7 Å². The van der Waals surface area contributed by atoms with Crippen LogP contribution in [-0.2, 0) is 6.54 Å². The van der Waals surface area contributed by atoms with Crippen LogP contribution in [-0.4, -0.2) is 25.8 Å². The molecule has 0 aliphatic heterocycles. The number of carbonyl (C=O) groups is 1. The summed E-state index contributed by atoms with van der Waals surface area (Å²) >= 11 is 2.84. The zero-order valence-electron chi connectivity index (χ0n) is 7.10. The number of hydrogen-bond donors (Lipinski definition) is 1. The van der Waals surface area contributed by atoms with Gasteiger partial charge in [0, 0.05) is 0 Å². The van der Waals surface area contributed by atoms with E-state index in [4.69, 9.17) is 5.11 Å². The molecule has 76 valence electrons. The second kappa shape index (κ2) is 3.74. The van der Waals surface area contributed by atoms with Gasteiger partial charge in [0.25, 0.3) is 0 Å². The van der Waals surface area contributed by atoms with Gasteiger partial charge in [0.1, 0.15) is 0 Å². The second-order valence-corrected chi connectivity index (χ2v) is 3.16. The van der Waals surface area contributed by atoms with Crippen molar-refractivity contribution in [1.29, 1.82) is 0 Å². The lowest BCUT2D eigenvalue weighted by Gasteiger charge is -1.92. The topological polar surface area (TPSA) is 98.3 Å². The molecule has 0 atom stereocenters. The Hall–Kier alpha value is -1.44. The Kier molecular flexibility index (Phi) is 2.84. The maximum Gasteiger partial charge on any atom is 0.405 e. The molecule has 1 aromatic rings. The molecule has 8 heteroatoms. The first-order valence-corrected chi connectivity index (χ1v) is 4.42. The van der Waals surface area contributed by atoms with E-state index in [1.807, 2.05) is 0 Å². The summed E-state index contributed by atoms with van der Waals surface area (Å²) in [4.78, 5) is 20.4. The van der Waals surface area contributed by atoms with Gasteiger partial charge in [-0.25, -0.2) is 4.79 Å². The van der Waals surface area contributed by atoms with Crippen LogP contribution in [0.15, 0.2) is 4.47 Å². The summed E-state index contributed by atoms with van der Waals surface area (Å²) in [5.41, 5.74) is -0.209. The van der Waals surface area contributed by atoms with Gasteiger partial charge in [0.05, 0.1) is 11.6 Å². The number of carboxylic acid groups (broad SMARTS) is 1. The fraction of sp³-hybridized carbons (Fsp3) is 0.333. The van der Waals surface area contributed by atoms with E-state index < -0.39 is 16.7 Å². The van der Waals surface area contributed by atoms with Gasteiger partial charge >= 0.3 is 11.8 Å². The van der Waals surface area contributed by atoms with Crippen molar-refractivity contribution < 1.29 is 14.8 Å². The summed E-state index contributed by atoms with van der Waals surface area (Å²) in [5.74, 6) is -1.73. The van der Waals surface area contributed by atoms with Crippen molar-refractivity contribution in [3.05, 3.63) is 20.3 Å². The van der Waals surface area contributed by atoms with E-state index in [9.17, 15) is 14.9 Å². The van der Waals surface area contributed by atoms with Crippen LogP contribution in [0.5, 0.6) is 0 Å². The number of rotatable bonds is 3. The van der Waals surface area contributed by atoms with Gasteiger partial charge in [0.15, 0.2) is 10.2 Å². The van der Waals surface area contributed by atoms with Gasteiger partial charge in [-0.1, -0.05) is 0 Å². The summed E-state index contributed by atoms with van der Waals surface area (Å²) < 4.78 is 0.960. The lowest BCUT2D eigenvalue weighted by Crippen LogP contribution is -2.08. The number of hydrogen-bond acceptors (Lipinski definition) is 4. The predicted molar refractivity (Wildman–Crippen MR) is 49.2 cm³/mol. The van der Waals surface area contributed by atoms with Crippen molar-refractivity contribution in [3.63, 3.8) is 0 Å². The Morgan fingerprint density at radius 2 is 2.36 bits per heavy atom. The molecule has 0 radical (unpaired) electrons. The van der Waals surface area contributed by atoms with Crippen molar-refractivity contribution in [2.24, 2.45) is 0 Å². The van der Waals surface area contributed by atoms with E-state index in [0.29, 0.717) is 0 Å². The molecule has 0 unspecified atom stereocenters. The quantitative estimate of drug-likeness (QED) is 0.654. The van der Waals surface area contributed by atoms with E-state index >= 15 is 0 Å². The first kappa shape index (κ1) is 10.6. The molecule has 0 fully saturated rings. The fourth-order valence-electron chi connectivity index (χ4n) is 0.977. The lowest BCUT2D eigenvalue weighted by molar-refractivity contribution is -0.390. The molecule has 1 N–H and O–H groups in total. The maximum absolute atomic E-state index is 10.7. The first-order valence-electron chi connectivity index (χ1n) is 3.63. The summed E-state index contributed by atoms with van der Waals surface area (Å²) in [5, 5.41) is 22.7. The maximum atomic E-state index is 10.7. The Morgan fingerprint density at radius 3 is 2.64 bits per heavy atom. The van der Waals surface area contributed by atoms with Gasteiger partial charge in [-0.05, 0) is 27.8 Å². The molecule has 1 rings (SSSR count). The molecule has 0 saturated heterocycles. The zero-order valence-corrected chi connectivity index (χ0v) is 8.68. The van der Waals surface area contributed by atoms with Crippen LogP contribution in [0.3, 0.4) is 0 Å². The Labute approximate surface area is 86.6 Å². The summed E-state index contributed by atoms with van der Waals surface area (Å²) in [6.07, 6.45) is 0. The standard InChI is InChI=1S/C6H6BrN3O4/c1-2-9-4(6(11)12)3(7)5(8-9)10(13)14/h2H2,1H3,(H,11,12). The molecule has 0 saturated carbocycles. The zero-order chi connectivity index (χ0) is 10.9. The summed E-state index contributed by atoms with van der Waals surface area (Å²) in [6.45, 7) is 1.91. The number of aromatic nitrogens is 2. The first-order chi connectivity index (χ1) is 6.49. The molecule has 0 bridgehead atoms. The smallest absolute Gasteiger partial charge is 0.405 e. The minimum atomic E-state index is -1.25. The minimum Gasteiger partial charge on any atom is -0.476 e. The number of nitrogens with zero attached hydrogens (tertiary/aromatic N) is 3. The number of nitro groups is 1. The van der Waals surface area contributed by atoms with Crippen LogP contribution in [0.4, 0.5) is 5.82 Å². The fourth-order valence-corrected chi connectivity index (χ4v) is 1.58. The van der Waals surface area contributed by atoms with Crippen LogP contribution < -0.4 is 0 Å². The summed E-state index contributed by atoms with van der Waals surface area (Å²) in [6, 6.07) is 0. The van der Waals surface area contributed by atoms with Gasteiger partial charge in [-0.2, -0.15) is 4.68 Å². The molecule has 0 spiro atoms. The molecular formula is C6H6BrN3O4.